The van der Waals surface area contributed by atoms with Crippen LogP contribution in [0, 0.1) is 5.92 Å². The second-order valence-corrected chi connectivity index (χ2v) is 9.85. The number of nitrogens with two attached hydrogens (primary N) is 2. The molecule has 3 aromatic rings. The van der Waals surface area contributed by atoms with Crippen LogP contribution >= 0.6 is 11.6 Å². The van der Waals surface area contributed by atoms with Crippen LogP contribution in [0.25, 0.3) is 11.1 Å². The molecular formula is C29H33ClN4O4. The Balaban J connectivity index is 1.31. The van der Waals surface area contributed by atoms with Crippen molar-refractivity contribution in [3.63, 3.8) is 0 Å². The van der Waals surface area contributed by atoms with Gasteiger partial charge in [0.15, 0.2) is 0 Å². The normalized spacial score (nSPS) is 15.0. The Kier molecular flexibility index (Phi) is 9.10. The third-order valence-corrected chi connectivity index (χ3v) is 7.22. The summed E-state index contributed by atoms with van der Waals surface area (Å²) in [6.45, 7) is 2.73. The van der Waals surface area contributed by atoms with Crippen molar-refractivity contribution in [3.05, 3.63) is 82.9 Å². The molecule has 38 heavy (non-hydrogen) atoms. The number of hydrogen-bond acceptors (Lipinski definition) is 6. The van der Waals surface area contributed by atoms with E-state index < -0.39 is 12.2 Å². The molecule has 0 bridgehead atoms. The van der Waals surface area contributed by atoms with Crippen LogP contribution < -0.4 is 21.5 Å². The predicted octanol–water partition coefficient (Wildman–Crippen LogP) is 4.88. The van der Waals surface area contributed by atoms with Crippen LogP contribution in [0.15, 0.2) is 66.7 Å². The standard InChI is InChI=1S/C29H33ClN4O4/c1-37-26-16-25(31)24(30)15-23(26)28(35)33-17-19-11-13-34(14-12-19)18-27(38-29(32)36)22-9-7-21(8-10-22)20-5-3-2-4-6-20/h2-10,15-16,19,27H,11-14,17-18,31H2,1H3,(H2,32,36)(H,33,35). The number of rotatable bonds is 9. The summed E-state index contributed by atoms with van der Waals surface area (Å²) in [4.78, 5) is 26.7. The van der Waals surface area contributed by atoms with Gasteiger partial charge in [-0.2, -0.15) is 0 Å². The number of carbonyl (C=O) groups is 2. The van der Waals surface area contributed by atoms with Gasteiger partial charge >= 0.3 is 6.09 Å². The Morgan fingerprint density at radius 1 is 1.05 bits per heavy atom. The van der Waals surface area contributed by atoms with Crippen LogP contribution in [0.5, 0.6) is 5.75 Å². The average molecular weight is 537 g/mol. The second kappa shape index (κ2) is 12.7. The number of amides is 2. The molecule has 3 aromatic carbocycles. The van der Waals surface area contributed by atoms with E-state index in [4.69, 9.17) is 32.5 Å². The van der Waals surface area contributed by atoms with E-state index in [-0.39, 0.29) is 5.91 Å². The van der Waals surface area contributed by atoms with Gasteiger partial charge in [0, 0.05) is 19.2 Å². The van der Waals surface area contributed by atoms with E-state index in [0.717, 1.165) is 42.6 Å². The lowest BCUT2D eigenvalue weighted by Crippen LogP contribution is -2.41. The van der Waals surface area contributed by atoms with Crippen LogP contribution in [0.4, 0.5) is 10.5 Å². The van der Waals surface area contributed by atoms with Crippen molar-refractivity contribution in [2.75, 3.05) is 39.0 Å². The summed E-state index contributed by atoms with van der Waals surface area (Å²) in [7, 11) is 1.49. The van der Waals surface area contributed by atoms with Gasteiger partial charge in [-0.25, -0.2) is 4.79 Å². The van der Waals surface area contributed by atoms with E-state index in [9.17, 15) is 9.59 Å². The zero-order valence-electron chi connectivity index (χ0n) is 21.4. The summed E-state index contributed by atoms with van der Waals surface area (Å²) in [5.74, 6) is 0.461. The molecule has 0 saturated carbocycles. The fourth-order valence-corrected chi connectivity index (χ4v) is 4.89. The maximum atomic E-state index is 12.8. The number of ether oxygens (including phenoxy) is 2. The molecule has 5 N–H and O–H groups in total. The zero-order valence-corrected chi connectivity index (χ0v) is 22.1. The molecule has 0 aromatic heterocycles. The highest BCUT2D eigenvalue weighted by atomic mass is 35.5. The van der Waals surface area contributed by atoms with Crippen molar-refractivity contribution in [2.45, 2.75) is 18.9 Å². The first-order valence-corrected chi connectivity index (χ1v) is 13.0. The van der Waals surface area contributed by atoms with Crippen LogP contribution in [0.3, 0.4) is 0 Å². The SMILES string of the molecule is COc1cc(N)c(Cl)cc1C(=O)NCC1CCN(CC(OC(N)=O)c2ccc(-c3ccccc3)cc2)CC1. The Morgan fingerprint density at radius 3 is 2.34 bits per heavy atom. The number of benzene rings is 3. The van der Waals surface area contributed by atoms with Crippen molar-refractivity contribution in [3.8, 4) is 16.9 Å². The van der Waals surface area contributed by atoms with Crippen LogP contribution in [0.2, 0.25) is 5.02 Å². The van der Waals surface area contributed by atoms with E-state index in [0.29, 0.717) is 41.0 Å². The first-order chi connectivity index (χ1) is 18.3. The van der Waals surface area contributed by atoms with Gasteiger partial charge in [0.1, 0.15) is 11.9 Å². The van der Waals surface area contributed by atoms with Crippen molar-refractivity contribution in [1.82, 2.24) is 10.2 Å². The first-order valence-electron chi connectivity index (χ1n) is 12.6. The number of nitrogens with one attached hydrogen (secondary N) is 1. The van der Waals surface area contributed by atoms with Gasteiger partial charge in [-0.3, -0.25) is 9.69 Å². The van der Waals surface area contributed by atoms with Crippen LogP contribution in [-0.4, -0.2) is 50.2 Å². The molecule has 1 fully saturated rings. The molecule has 1 unspecified atom stereocenters. The number of halogens is 1. The average Bonchev–Trinajstić information content (AvgIpc) is 2.93. The molecule has 1 aliphatic heterocycles. The minimum Gasteiger partial charge on any atom is -0.496 e. The van der Waals surface area contributed by atoms with Crippen molar-refractivity contribution in [1.29, 1.82) is 0 Å². The van der Waals surface area contributed by atoms with E-state index in [2.05, 4.69) is 22.3 Å². The Hall–Kier alpha value is -3.75. The monoisotopic (exact) mass is 536 g/mol. The minimum atomic E-state index is -0.794. The van der Waals surface area contributed by atoms with Gasteiger partial charge < -0.3 is 26.3 Å². The molecule has 8 nitrogen and oxygen atoms in total. The fourth-order valence-electron chi connectivity index (χ4n) is 4.73. The number of piperidine rings is 1. The lowest BCUT2D eigenvalue weighted by molar-refractivity contribution is 0.0633. The predicted molar refractivity (Wildman–Crippen MR) is 149 cm³/mol. The fraction of sp³-hybridized carbons (Fsp3) is 0.310. The lowest BCUT2D eigenvalue weighted by atomic mass is 9.95. The summed E-state index contributed by atoms with van der Waals surface area (Å²) in [5, 5.41) is 3.31. The first kappa shape index (κ1) is 27.3. The number of primary amides is 1. The molecule has 2 amide bonds. The highest BCUT2D eigenvalue weighted by Gasteiger charge is 2.25. The molecule has 4 rings (SSSR count). The van der Waals surface area contributed by atoms with Crippen molar-refractivity contribution in [2.24, 2.45) is 11.7 Å². The van der Waals surface area contributed by atoms with Crippen LogP contribution in [0.1, 0.15) is 34.9 Å². The summed E-state index contributed by atoms with van der Waals surface area (Å²) in [6, 6.07) is 21.2. The van der Waals surface area contributed by atoms with E-state index in [1.165, 1.54) is 13.2 Å². The van der Waals surface area contributed by atoms with Gasteiger partial charge in [-0.05, 0) is 54.6 Å². The van der Waals surface area contributed by atoms with Crippen molar-refractivity contribution >= 4 is 29.3 Å². The van der Waals surface area contributed by atoms with Crippen LogP contribution in [-0.2, 0) is 4.74 Å². The molecule has 9 heteroatoms. The summed E-state index contributed by atoms with van der Waals surface area (Å²) < 4.78 is 10.8. The maximum Gasteiger partial charge on any atom is 0.405 e. The van der Waals surface area contributed by atoms with E-state index in [1.54, 1.807) is 6.07 Å². The molecule has 1 saturated heterocycles. The topological polar surface area (TPSA) is 120 Å². The Morgan fingerprint density at radius 2 is 1.71 bits per heavy atom. The summed E-state index contributed by atoms with van der Waals surface area (Å²) >= 11 is 6.10. The Labute approximate surface area is 227 Å². The number of carbonyl (C=O) groups excluding carboxylic acids is 2. The van der Waals surface area contributed by atoms with E-state index in [1.807, 2.05) is 42.5 Å². The van der Waals surface area contributed by atoms with E-state index >= 15 is 0 Å². The van der Waals surface area contributed by atoms with Gasteiger partial charge in [-0.15, -0.1) is 0 Å². The Bertz CT molecular complexity index is 1250. The van der Waals surface area contributed by atoms with Gasteiger partial charge in [0.05, 0.1) is 23.4 Å². The largest absolute Gasteiger partial charge is 0.496 e. The molecule has 0 spiro atoms. The van der Waals surface area contributed by atoms with Gasteiger partial charge in [0.25, 0.3) is 5.91 Å². The zero-order chi connectivity index (χ0) is 27.1. The third kappa shape index (κ3) is 6.96. The van der Waals surface area contributed by atoms with Gasteiger partial charge in [0.2, 0.25) is 0 Å². The molecule has 1 atom stereocenters. The summed E-state index contributed by atoms with van der Waals surface area (Å²) in [5.41, 5.74) is 15.0. The quantitative estimate of drug-likeness (QED) is 0.335. The lowest BCUT2D eigenvalue weighted by Gasteiger charge is -2.34. The molecule has 200 valence electrons. The molecule has 0 radical (unpaired) electrons. The third-order valence-electron chi connectivity index (χ3n) is 6.89. The smallest absolute Gasteiger partial charge is 0.405 e. The van der Waals surface area contributed by atoms with Crippen molar-refractivity contribution < 1.29 is 19.1 Å². The number of hydrogen-bond donors (Lipinski definition) is 3. The molecule has 0 aliphatic carbocycles. The minimum absolute atomic E-state index is 0.250. The number of nitrogens with zero attached hydrogens (tertiary/aromatic N) is 1. The molecular weight excluding hydrogens is 504 g/mol. The van der Waals surface area contributed by atoms with Gasteiger partial charge in [-0.1, -0.05) is 66.2 Å². The molecule has 1 aliphatic rings. The second-order valence-electron chi connectivity index (χ2n) is 9.44. The number of anilines is 1. The number of methoxy groups -OCH3 is 1. The number of nitrogen functional groups attached to an aromatic ring is 1. The summed E-state index contributed by atoms with van der Waals surface area (Å²) in [6.07, 6.45) is 0.543. The highest BCUT2D eigenvalue weighted by Crippen LogP contribution is 2.29. The maximum absolute atomic E-state index is 12.8. The number of likely N-dealkylation sites (tertiary alicyclic amines) is 1. The highest BCUT2D eigenvalue weighted by molar-refractivity contribution is 6.33. The molecule has 1 heterocycles.